The van der Waals surface area contributed by atoms with Gasteiger partial charge < -0.3 is 4.74 Å². The number of Topliss-reactive ketones (excluding diaryl/α,β-unsaturated/α-hetero) is 1. The van der Waals surface area contributed by atoms with Crippen molar-refractivity contribution in [2.45, 2.75) is 12.2 Å². The van der Waals surface area contributed by atoms with Crippen molar-refractivity contribution in [3.05, 3.63) is 0 Å². The molecule has 11 heavy (non-hydrogen) atoms. The molecular formula is C7H10O3S. The number of ether oxygens (including phenoxy) is 1. The minimum atomic E-state index is -0.560. The minimum absolute atomic E-state index is 0.00171. The van der Waals surface area contributed by atoms with Crippen molar-refractivity contribution >= 4 is 23.5 Å². The van der Waals surface area contributed by atoms with E-state index in [-0.39, 0.29) is 11.7 Å². The summed E-state index contributed by atoms with van der Waals surface area (Å²) in [5.74, 6) is 0.328. The zero-order valence-corrected chi connectivity index (χ0v) is 7.31. The number of esters is 1. The van der Waals surface area contributed by atoms with E-state index in [0.717, 1.165) is 5.75 Å². The van der Waals surface area contributed by atoms with Gasteiger partial charge in [0.1, 0.15) is 0 Å². The second kappa shape index (κ2) is 3.26. The van der Waals surface area contributed by atoms with E-state index in [0.29, 0.717) is 0 Å². The van der Waals surface area contributed by atoms with E-state index in [1.165, 1.54) is 18.9 Å². The smallest absolute Gasteiger partial charge is 0.326 e. The molecule has 1 saturated heterocycles. The summed E-state index contributed by atoms with van der Waals surface area (Å²) >= 11 is 1.37. The van der Waals surface area contributed by atoms with Crippen LogP contribution in [0.2, 0.25) is 0 Å². The maximum Gasteiger partial charge on any atom is 0.326 e. The van der Waals surface area contributed by atoms with Crippen LogP contribution in [-0.2, 0) is 14.3 Å². The van der Waals surface area contributed by atoms with Gasteiger partial charge >= 0.3 is 5.97 Å². The van der Waals surface area contributed by atoms with Crippen LogP contribution < -0.4 is 0 Å². The quantitative estimate of drug-likeness (QED) is 0.428. The first-order valence-electron chi connectivity index (χ1n) is 3.40. The van der Waals surface area contributed by atoms with Crippen LogP contribution in [0.1, 0.15) is 6.92 Å². The predicted octanol–water partition coefficient (Wildman–Crippen LogP) is 0.480. The first-order chi connectivity index (χ1) is 5.16. The molecule has 0 N–H and O–H groups in total. The lowest BCUT2D eigenvalue weighted by Crippen LogP contribution is -2.26. The van der Waals surface area contributed by atoms with E-state index < -0.39 is 11.2 Å². The zero-order chi connectivity index (χ0) is 8.43. The summed E-state index contributed by atoms with van der Waals surface area (Å²) in [4.78, 5) is 22.1. The first kappa shape index (κ1) is 8.59. The van der Waals surface area contributed by atoms with Crippen LogP contribution in [0, 0.1) is 5.92 Å². The maximum absolute atomic E-state index is 11.2. The van der Waals surface area contributed by atoms with Gasteiger partial charge in [0.2, 0.25) is 0 Å². The molecule has 0 radical (unpaired) electrons. The van der Waals surface area contributed by atoms with E-state index in [1.54, 1.807) is 0 Å². The number of ketones is 1. The summed E-state index contributed by atoms with van der Waals surface area (Å²) in [6.45, 7) is 1.83. The van der Waals surface area contributed by atoms with E-state index in [4.69, 9.17) is 0 Å². The van der Waals surface area contributed by atoms with Gasteiger partial charge in [0, 0.05) is 11.7 Å². The van der Waals surface area contributed by atoms with Gasteiger partial charge in [0.25, 0.3) is 0 Å². The monoisotopic (exact) mass is 174 g/mol. The molecule has 0 aromatic heterocycles. The van der Waals surface area contributed by atoms with Crippen molar-refractivity contribution in [2.75, 3.05) is 12.9 Å². The first-order valence-corrected chi connectivity index (χ1v) is 4.45. The average molecular weight is 174 g/mol. The highest BCUT2D eigenvalue weighted by atomic mass is 32.2. The van der Waals surface area contributed by atoms with E-state index >= 15 is 0 Å². The zero-order valence-electron chi connectivity index (χ0n) is 6.49. The Morgan fingerprint density at radius 3 is 2.73 bits per heavy atom. The fourth-order valence-corrected chi connectivity index (χ4v) is 2.23. The van der Waals surface area contributed by atoms with Gasteiger partial charge in [-0.3, -0.25) is 9.59 Å². The molecule has 1 fully saturated rings. The van der Waals surface area contributed by atoms with E-state index in [1.807, 2.05) is 6.92 Å². The Balaban J connectivity index is 2.62. The van der Waals surface area contributed by atoms with Crippen LogP contribution in [0.5, 0.6) is 0 Å². The molecule has 1 rings (SSSR count). The fourth-order valence-electron chi connectivity index (χ4n) is 0.954. The number of thioether (sulfide) groups is 1. The molecule has 0 amide bonds. The number of hydrogen-bond donors (Lipinski definition) is 0. The summed E-state index contributed by atoms with van der Waals surface area (Å²) in [5.41, 5.74) is 0. The normalized spacial score (nSPS) is 30.5. The van der Waals surface area contributed by atoms with E-state index in [9.17, 15) is 9.59 Å². The summed E-state index contributed by atoms with van der Waals surface area (Å²) < 4.78 is 4.47. The van der Waals surface area contributed by atoms with E-state index in [2.05, 4.69) is 4.74 Å². The molecule has 0 saturated carbocycles. The summed E-state index contributed by atoms with van der Waals surface area (Å²) in [5, 5.41) is -0.560. The Bertz CT molecular complexity index is 190. The topological polar surface area (TPSA) is 43.4 Å². The number of carbonyl (C=O) groups excluding carboxylic acids is 2. The maximum atomic E-state index is 11.2. The number of methoxy groups -OCH3 is 1. The Morgan fingerprint density at radius 2 is 2.36 bits per heavy atom. The Kier molecular flexibility index (Phi) is 2.54. The van der Waals surface area contributed by atoms with Crippen molar-refractivity contribution < 1.29 is 14.3 Å². The van der Waals surface area contributed by atoms with Gasteiger partial charge in [-0.2, -0.15) is 0 Å². The summed E-state index contributed by atoms with van der Waals surface area (Å²) in [6, 6.07) is 0. The van der Waals surface area contributed by atoms with Crippen LogP contribution in [-0.4, -0.2) is 29.9 Å². The Morgan fingerprint density at radius 1 is 1.73 bits per heavy atom. The van der Waals surface area contributed by atoms with Gasteiger partial charge in [-0.05, 0) is 0 Å². The van der Waals surface area contributed by atoms with Crippen LogP contribution in [0.4, 0.5) is 0 Å². The second-order valence-electron chi connectivity index (χ2n) is 2.54. The molecule has 62 valence electrons. The highest BCUT2D eigenvalue weighted by Gasteiger charge is 2.37. The highest BCUT2D eigenvalue weighted by Crippen LogP contribution is 2.28. The molecule has 0 unspecified atom stereocenters. The lowest BCUT2D eigenvalue weighted by atomic mass is 10.1. The molecule has 3 nitrogen and oxygen atoms in total. The van der Waals surface area contributed by atoms with Gasteiger partial charge in [-0.1, -0.05) is 6.92 Å². The molecular weight excluding hydrogens is 164 g/mol. The van der Waals surface area contributed by atoms with Crippen molar-refractivity contribution in [2.24, 2.45) is 5.92 Å². The van der Waals surface area contributed by atoms with Gasteiger partial charge in [0.05, 0.1) is 7.11 Å². The summed E-state index contributed by atoms with van der Waals surface area (Å²) in [7, 11) is 1.30. The Hall–Kier alpha value is -0.510. The largest absolute Gasteiger partial charge is 0.468 e. The second-order valence-corrected chi connectivity index (χ2v) is 3.68. The van der Waals surface area contributed by atoms with Crippen molar-refractivity contribution in [1.29, 1.82) is 0 Å². The molecule has 4 heteroatoms. The minimum Gasteiger partial charge on any atom is -0.468 e. The van der Waals surface area contributed by atoms with Crippen LogP contribution in [0.3, 0.4) is 0 Å². The van der Waals surface area contributed by atoms with Gasteiger partial charge in [-0.25, -0.2) is 0 Å². The van der Waals surface area contributed by atoms with Crippen molar-refractivity contribution in [1.82, 2.24) is 0 Å². The molecule has 0 aliphatic carbocycles. The van der Waals surface area contributed by atoms with Crippen LogP contribution in [0.15, 0.2) is 0 Å². The average Bonchev–Trinajstić information content (AvgIpc) is 2.32. The molecule has 0 aromatic carbocycles. The summed E-state index contributed by atoms with van der Waals surface area (Å²) in [6.07, 6.45) is 0. The standard InChI is InChI=1S/C7H10O3S/c1-4-3-11-6(5(4)8)7(9)10-2/h4,6H,3H2,1-2H3/t4-,6+/m1/s1. The fraction of sp³-hybridized carbons (Fsp3) is 0.714. The molecule has 0 bridgehead atoms. The lowest BCUT2D eigenvalue weighted by Gasteiger charge is -2.03. The molecule has 2 atom stereocenters. The molecule has 0 spiro atoms. The third kappa shape index (κ3) is 1.56. The van der Waals surface area contributed by atoms with Gasteiger partial charge in [0.15, 0.2) is 11.0 Å². The molecule has 1 aliphatic rings. The SMILES string of the molecule is COC(=O)[C@H]1SC[C@@H](C)C1=O. The Labute approximate surface area is 69.5 Å². The third-order valence-corrected chi connectivity index (χ3v) is 3.12. The number of rotatable bonds is 1. The van der Waals surface area contributed by atoms with Crippen molar-refractivity contribution in [3.63, 3.8) is 0 Å². The molecule has 0 aromatic rings. The van der Waals surface area contributed by atoms with Crippen LogP contribution >= 0.6 is 11.8 Å². The molecule has 1 aliphatic heterocycles. The third-order valence-electron chi connectivity index (χ3n) is 1.67. The highest BCUT2D eigenvalue weighted by molar-refractivity contribution is 8.01. The van der Waals surface area contributed by atoms with Crippen molar-refractivity contribution in [3.8, 4) is 0 Å². The number of carbonyl (C=O) groups is 2. The lowest BCUT2D eigenvalue weighted by molar-refractivity contribution is -0.142. The predicted molar refractivity (Wildman–Crippen MR) is 42.4 cm³/mol. The van der Waals surface area contributed by atoms with Crippen LogP contribution in [0.25, 0.3) is 0 Å². The number of hydrogen-bond acceptors (Lipinski definition) is 4. The van der Waals surface area contributed by atoms with Gasteiger partial charge in [-0.15, -0.1) is 11.8 Å². The molecule has 1 heterocycles.